The van der Waals surface area contributed by atoms with Crippen molar-refractivity contribution in [2.75, 3.05) is 19.1 Å². The zero-order valence-electron chi connectivity index (χ0n) is 10.6. The van der Waals surface area contributed by atoms with Crippen molar-refractivity contribution < 1.29 is 9.53 Å². The van der Waals surface area contributed by atoms with Gasteiger partial charge in [-0.15, -0.1) is 0 Å². The van der Waals surface area contributed by atoms with Gasteiger partial charge >= 0.3 is 0 Å². The topological polar surface area (TPSA) is 42.4 Å². The van der Waals surface area contributed by atoms with E-state index in [4.69, 9.17) is 4.74 Å². The van der Waals surface area contributed by atoms with Crippen molar-refractivity contribution in [2.45, 2.75) is 0 Å². The minimum atomic E-state index is -0.106. The molecule has 1 amide bonds. The summed E-state index contributed by atoms with van der Waals surface area (Å²) < 4.78 is 5.79. The first-order valence-corrected chi connectivity index (χ1v) is 6.45. The normalized spacial score (nSPS) is 10.1. The van der Waals surface area contributed by atoms with Gasteiger partial charge in [0, 0.05) is 18.9 Å². The Hall–Kier alpha value is -1.88. The van der Waals surface area contributed by atoms with Crippen molar-refractivity contribution in [3.05, 3.63) is 52.8 Å². The number of hydrogen-bond acceptors (Lipinski definition) is 3. The Labute approximate surface area is 120 Å². The summed E-state index contributed by atoms with van der Waals surface area (Å²) in [6, 6.07) is 10.8. The molecule has 98 valence electrons. The number of amides is 1. The van der Waals surface area contributed by atoms with Crippen molar-refractivity contribution >= 4 is 27.5 Å². The number of benzene rings is 1. The molecule has 4 nitrogen and oxygen atoms in total. The smallest absolute Gasteiger partial charge is 0.259 e. The van der Waals surface area contributed by atoms with E-state index in [-0.39, 0.29) is 5.91 Å². The lowest BCUT2D eigenvalue weighted by Gasteiger charge is -2.17. The highest BCUT2D eigenvalue weighted by Gasteiger charge is 2.13. The fourth-order valence-electron chi connectivity index (χ4n) is 1.62. The molecule has 0 bridgehead atoms. The third kappa shape index (κ3) is 3.12. The van der Waals surface area contributed by atoms with Crippen molar-refractivity contribution in [1.82, 2.24) is 4.98 Å². The van der Waals surface area contributed by atoms with Crippen LogP contribution in [0.3, 0.4) is 0 Å². The van der Waals surface area contributed by atoms with Crippen molar-refractivity contribution in [3.8, 4) is 5.75 Å². The zero-order valence-corrected chi connectivity index (χ0v) is 12.2. The molecule has 1 aromatic carbocycles. The summed E-state index contributed by atoms with van der Waals surface area (Å²) in [6.07, 6.45) is 1.55. The van der Waals surface area contributed by atoms with Crippen LogP contribution in [0.25, 0.3) is 0 Å². The number of ether oxygens (including phenoxy) is 1. The van der Waals surface area contributed by atoms with Crippen LogP contribution in [0.5, 0.6) is 5.75 Å². The molecule has 0 saturated carbocycles. The van der Waals surface area contributed by atoms with E-state index in [1.54, 1.807) is 37.4 Å². The molecule has 0 radical (unpaired) electrons. The fraction of sp³-hybridized carbons (Fsp3) is 0.143. The molecule has 0 aliphatic heterocycles. The Balaban J connectivity index is 2.20. The lowest BCUT2D eigenvalue weighted by atomic mass is 10.2. The second-order valence-corrected chi connectivity index (χ2v) is 4.74. The number of nitrogens with zero attached hydrogens (tertiary/aromatic N) is 2. The number of aromatic nitrogens is 1. The van der Waals surface area contributed by atoms with Gasteiger partial charge in [-0.05, 0) is 52.3 Å². The van der Waals surface area contributed by atoms with Gasteiger partial charge in [-0.25, -0.2) is 4.98 Å². The van der Waals surface area contributed by atoms with Crippen molar-refractivity contribution in [3.63, 3.8) is 0 Å². The predicted octanol–water partition coefficient (Wildman–Crippen LogP) is 3.13. The average Bonchev–Trinajstić information content (AvgIpc) is 2.46. The van der Waals surface area contributed by atoms with Crippen LogP contribution < -0.4 is 9.64 Å². The minimum absolute atomic E-state index is 0.106. The number of methoxy groups -OCH3 is 1. The first-order valence-electron chi connectivity index (χ1n) is 5.65. The van der Waals surface area contributed by atoms with Gasteiger partial charge in [0.15, 0.2) is 0 Å². The van der Waals surface area contributed by atoms with Crippen LogP contribution in [0.4, 0.5) is 5.69 Å². The number of hydrogen-bond donors (Lipinski definition) is 0. The third-order valence-electron chi connectivity index (χ3n) is 2.74. The van der Waals surface area contributed by atoms with Gasteiger partial charge in [0.05, 0.1) is 12.7 Å². The Bertz CT molecular complexity index is 567. The van der Waals surface area contributed by atoms with E-state index in [9.17, 15) is 4.79 Å². The minimum Gasteiger partial charge on any atom is -0.497 e. The summed E-state index contributed by atoms with van der Waals surface area (Å²) >= 11 is 3.24. The molecule has 0 saturated heterocycles. The molecule has 2 aromatic rings. The zero-order chi connectivity index (χ0) is 13.8. The highest BCUT2D eigenvalue weighted by molar-refractivity contribution is 9.10. The first-order chi connectivity index (χ1) is 9.11. The maximum atomic E-state index is 12.3. The molecular weight excluding hydrogens is 308 g/mol. The van der Waals surface area contributed by atoms with Crippen LogP contribution in [-0.2, 0) is 0 Å². The van der Waals surface area contributed by atoms with E-state index in [1.807, 2.05) is 24.3 Å². The largest absolute Gasteiger partial charge is 0.497 e. The fourth-order valence-corrected chi connectivity index (χ4v) is 1.85. The molecule has 0 fully saturated rings. The SMILES string of the molecule is COc1ccc(N(C)C(=O)c2ccc(Br)nc2)cc1. The monoisotopic (exact) mass is 320 g/mol. The quantitative estimate of drug-likeness (QED) is 0.816. The number of carbonyl (C=O) groups is 1. The predicted molar refractivity (Wildman–Crippen MR) is 77.7 cm³/mol. The lowest BCUT2D eigenvalue weighted by Crippen LogP contribution is -2.26. The maximum absolute atomic E-state index is 12.3. The molecule has 0 unspecified atom stereocenters. The molecule has 0 N–H and O–H groups in total. The van der Waals surface area contributed by atoms with Gasteiger partial charge in [-0.2, -0.15) is 0 Å². The number of pyridine rings is 1. The average molecular weight is 321 g/mol. The Morgan fingerprint density at radius 1 is 1.21 bits per heavy atom. The van der Waals surface area contributed by atoms with Crippen molar-refractivity contribution in [2.24, 2.45) is 0 Å². The standard InChI is InChI=1S/C14H13BrN2O2/c1-17(11-4-6-12(19-2)7-5-11)14(18)10-3-8-13(15)16-9-10/h3-9H,1-2H3. The highest BCUT2D eigenvalue weighted by Crippen LogP contribution is 2.20. The van der Waals surface area contributed by atoms with Crippen LogP contribution in [0, 0.1) is 0 Å². The number of anilines is 1. The molecule has 0 aliphatic rings. The van der Waals surface area contributed by atoms with Gasteiger partial charge < -0.3 is 9.64 Å². The van der Waals surface area contributed by atoms with Crippen LogP contribution in [0.2, 0.25) is 0 Å². The van der Waals surface area contributed by atoms with Crippen LogP contribution in [-0.4, -0.2) is 25.0 Å². The Kier molecular flexibility index (Phi) is 4.16. The van der Waals surface area contributed by atoms with Gasteiger partial charge in [0.25, 0.3) is 5.91 Å². The summed E-state index contributed by atoms with van der Waals surface area (Å²) in [5, 5.41) is 0. The van der Waals surface area contributed by atoms with Gasteiger partial charge in [0.2, 0.25) is 0 Å². The van der Waals surface area contributed by atoms with E-state index in [2.05, 4.69) is 20.9 Å². The summed E-state index contributed by atoms with van der Waals surface area (Å²) in [7, 11) is 3.34. The van der Waals surface area contributed by atoms with Crippen LogP contribution in [0.15, 0.2) is 47.2 Å². The Morgan fingerprint density at radius 3 is 2.42 bits per heavy atom. The van der Waals surface area contributed by atoms with E-state index >= 15 is 0 Å². The Morgan fingerprint density at radius 2 is 1.89 bits per heavy atom. The highest BCUT2D eigenvalue weighted by atomic mass is 79.9. The molecule has 0 spiro atoms. The molecule has 0 aliphatic carbocycles. The molecule has 19 heavy (non-hydrogen) atoms. The van der Waals surface area contributed by atoms with Crippen LogP contribution in [0.1, 0.15) is 10.4 Å². The summed E-state index contributed by atoms with van der Waals surface area (Å²) in [5.74, 6) is 0.653. The second kappa shape index (κ2) is 5.84. The summed E-state index contributed by atoms with van der Waals surface area (Å²) in [6.45, 7) is 0. The molecule has 0 atom stereocenters. The van der Waals surface area contributed by atoms with Gasteiger partial charge in [-0.1, -0.05) is 0 Å². The number of rotatable bonds is 3. The van der Waals surface area contributed by atoms with E-state index in [1.165, 1.54) is 0 Å². The van der Waals surface area contributed by atoms with Crippen LogP contribution >= 0.6 is 15.9 Å². The summed E-state index contributed by atoms with van der Waals surface area (Å²) in [4.78, 5) is 17.9. The van der Waals surface area contributed by atoms with E-state index < -0.39 is 0 Å². The van der Waals surface area contributed by atoms with Gasteiger partial charge in [-0.3, -0.25) is 4.79 Å². The second-order valence-electron chi connectivity index (χ2n) is 3.93. The molecule has 2 rings (SSSR count). The first kappa shape index (κ1) is 13.5. The third-order valence-corrected chi connectivity index (χ3v) is 3.21. The number of halogens is 1. The molecule has 5 heteroatoms. The lowest BCUT2D eigenvalue weighted by molar-refractivity contribution is 0.0992. The molecular formula is C14H13BrN2O2. The van der Waals surface area contributed by atoms with Crippen molar-refractivity contribution in [1.29, 1.82) is 0 Å². The maximum Gasteiger partial charge on any atom is 0.259 e. The molecule has 1 aromatic heterocycles. The number of carbonyl (C=O) groups excluding carboxylic acids is 1. The molecule has 1 heterocycles. The van der Waals surface area contributed by atoms with Gasteiger partial charge in [0.1, 0.15) is 10.4 Å². The summed E-state index contributed by atoms with van der Waals surface area (Å²) in [5.41, 5.74) is 1.34. The van der Waals surface area contributed by atoms with E-state index in [0.717, 1.165) is 11.4 Å². The van der Waals surface area contributed by atoms with E-state index in [0.29, 0.717) is 10.2 Å².